The first-order valence-corrected chi connectivity index (χ1v) is 9.05. The number of thiophene rings is 1. The highest BCUT2D eigenvalue weighted by molar-refractivity contribution is 7.14. The smallest absolute Gasteiger partial charge is 0.269 e. The molecule has 128 valence electrons. The van der Waals surface area contributed by atoms with Crippen LogP contribution < -0.4 is 5.73 Å². The van der Waals surface area contributed by atoms with Crippen molar-refractivity contribution in [3.63, 3.8) is 0 Å². The Bertz CT molecular complexity index is 764. The molecule has 6 nitrogen and oxygen atoms in total. The van der Waals surface area contributed by atoms with Gasteiger partial charge in [-0.15, -0.1) is 11.3 Å². The number of nitrogens with one attached hydrogen (secondary N) is 1. The molecular formula is C17H22N4O2S. The number of rotatable bonds is 4. The van der Waals surface area contributed by atoms with Crippen molar-refractivity contribution >= 4 is 23.2 Å². The molecule has 2 aromatic rings. The van der Waals surface area contributed by atoms with Crippen LogP contribution in [0.2, 0.25) is 0 Å². The highest BCUT2D eigenvalue weighted by atomic mass is 32.1. The zero-order valence-corrected chi connectivity index (χ0v) is 14.8. The van der Waals surface area contributed by atoms with Crippen LogP contribution in [0.4, 0.5) is 0 Å². The molecule has 0 spiro atoms. The summed E-state index contributed by atoms with van der Waals surface area (Å²) in [6.45, 7) is 5.57. The molecule has 1 atom stereocenters. The monoisotopic (exact) mass is 346 g/mol. The number of aryl methyl sites for hydroxylation is 2. The van der Waals surface area contributed by atoms with E-state index in [1.54, 1.807) is 17.4 Å². The number of carbonyl (C=O) groups excluding carboxylic acids is 2. The lowest BCUT2D eigenvalue weighted by molar-refractivity contribution is 0.0710. The Morgan fingerprint density at radius 3 is 2.88 bits per heavy atom. The maximum atomic E-state index is 12.8. The molecule has 1 aliphatic heterocycles. The highest BCUT2D eigenvalue weighted by Crippen LogP contribution is 2.29. The Hall–Kier alpha value is -2.15. The minimum Gasteiger partial charge on any atom is -0.364 e. The van der Waals surface area contributed by atoms with Gasteiger partial charge in [-0.25, -0.2) is 0 Å². The van der Waals surface area contributed by atoms with Crippen molar-refractivity contribution < 1.29 is 9.59 Å². The van der Waals surface area contributed by atoms with E-state index in [0.29, 0.717) is 6.54 Å². The van der Waals surface area contributed by atoms with Crippen LogP contribution in [0.25, 0.3) is 0 Å². The molecule has 7 heteroatoms. The van der Waals surface area contributed by atoms with E-state index in [0.717, 1.165) is 36.4 Å². The summed E-state index contributed by atoms with van der Waals surface area (Å²) in [5, 5.41) is 6.84. The van der Waals surface area contributed by atoms with Crippen molar-refractivity contribution in [2.24, 2.45) is 5.73 Å². The molecule has 24 heavy (non-hydrogen) atoms. The van der Waals surface area contributed by atoms with E-state index in [2.05, 4.69) is 24.0 Å². The number of aromatic amines is 1. The fraction of sp³-hybridized carbons (Fsp3) is 0.471. The van der Waals surface area contributed by atoms with Gasteiger partial charge in [0, 0.05) is 29.6 Å². The lowest BCUT2D eigenvalue weighted by atomic mass is 9.94. The van der Waals surface area contributed by atoms with Gasteiger partial charge in [-0.1, -0.05) is 6.92 Å². The number of piperidine rings is 1. The first-order valence-electron chi connectivity index (χ1n) is 8.23. The second-order valence-corrected chi connectivity index (χ2v) is 7.37. The predicted octanol–water partition coefficient (Wildman–Crippen LogP) is 2.46. The molecule has 0 aliphatic carbocycles. The Labute approximate surface area is 145 Å². The molecule has 0 aromatic carbocycles. The number of nitrogens with zero attached hydrogens (tertiary/aromatic N) is 2. The van der Waals surface area contributed by atoms with E-state index < -0.39 is 5.91 Å². The van der Waals surface area contributed by atoms with Gasteiger partial charge in [-0.3, -0.25) is 14.7 Å². The number of amides is 2. The van der Waals surface area contributed by atoms with E-state index >= 15 is 0 Å². The van der Waals surface area contributed by atoms with E-state index in [4.69, 9.17) is 5.73 Å². The molecule has 1 aliphatic rings. The summed E-state index contributed by atoms with van der Waals surface area (Å²) < 4.78 is 0. The molecule has 0 saturated carbocycles. The van der Waals surface area contributed by atoms with Crippen LogP contribution in [-0.2, 0) is 6.42 Å². The zero-order valence-electron chi connectivity index (χ0n) is 14.0. The standard InChI is InChI=1S/C17H22N4O2S/c1-3-14-10(2)7-15(24-14)17(23)21-6-4-5-11(9-21)12-8-13(16(18)22)20-19-12/h7-8,11H,3-6,9H2,1-2H3,(H2,18,22)(H,19,20)/t11-/m1/s1. The van der Waals surface area contributed by atoms with Gasteiger partial charge in [-0.2, -0.15) is 5.10 Å². The van der Waals surface area contributed by atoms with Crippen molar-refractivity contribution in [2.45, 2.75) is 39.0 Å². The zero-order chi connectivity index (χ0) is 17.3. The molecule has 0 bridgehead atoms. The first-order chi connectivity index (χ1) is 11.5. The predicted molar refractivity (Wildman–Crippen MR) is 93.4 cm³/mol. The van der Waals surface area contributed by atoms with Crippen molar-refractivity contribution in [3.05, 3.63) is 38.8 Å². The Morgan fingerprint density at radius 2 is 2.25 bits per heavy atom. The molecule has 0 unspecified atom stereocenters. The van der Waals surface area contributed by atoms with Gasteiger partial charge >= 0.3 is 0 Å². The van der Waals surface area contributed by atoms with Crippen molar-refractivity contribution in [3.8, 4) is 0 Å². The normalized spacial score (nSPS) is 17.9. The van der Waals surface area contributed by atoms with Gasteiger partial charge in [-0.05, 0) is 43.9 Å². The second kappa shape index (κ2) is 6.76. The summed E-state index contributed by atoms with van der Waals surface area (Å²) in [4.78, 5) is 28.0. The largest absolute Gasteiger partial charge is 0.364 e. The van der Waals surface area contributed by atoms with Gasteiger partial charge in [0.05, 0.1) is 4.88 Å². The van der Waals surface area contributed by atoms with Crippen molar-refractivity contribution in [1.82, 2.24) is 15.1 Å². The summed E-state index contributed by atoms with van der Waals surface area (Å²) in [5.41, 5.74) is 7.57. The summed E-state index contributed by atoms with van der Waals surface area (Å²) in [7, 11) is 0. The minimum absolute atomic E-state index is 0.0992. The number of hydrogen-bond donors (Lipinski definition) is 2. The molecular weight excluding hydrogens is 324 g/mol. The Morgan fingerprint density at radius 1 is 1.46 bits per heavy atom. The topological polar surface area (TPSA) is 92.1 Å². The van der Waals surface area contributed by atoms with E-state index in [1.807, 2.05) is 11.0 Å². The molecule has 3 N–H and O–H groups in total. The average molecular weight is 346 g/mol. The minimum atomic E-state index is -0.539. The average Bonchev–Trinajstić information content (AvgIpc) is 3.21. The van der Waals surface area contributed by atoms with E-state index in [-0.39, 0.29) is 17.5 Å². The summed E-state index contributed by atoms with van der Waals surface area (Å²) >= 11 is 1.59. The summed E-state index contributed by atoms with van der Waals surface area (Å²) in [6.07, 6.45) is 2.86. The molecule has 2 aromatic heterocycles. The third-order valence-corrected chi connectivity index (χ3v) is 5.92. The van der Waals surface area contributed by atoms with Gasteiger partial charge in [0.1, 0.15) is 5.69 Å². The number of nitrogens with two attached hydrogens (primary N) is 1. The van der Waals surface area contributed by atoms with E-state index in [9.17, 15) is 9.59 Å². The van der Waals surface area contributed by atoms with Crippen LogP contribution in [0.15, 0.2) is 12.1 Å². The van der Waals surface area contributed by atoms with Crippen molar-refractivity contribution in [2.75, 3.05) is 13.1 Å². The maximum absolute atomic E-state index is 12.8. The number of hydrogen-bond acceptors (Lipinski definition) is 4. The third-order valence-electron chi connectivity index (χ3n) is 4.55. The first kappa shape index (κ1) is 16.7. The number of carbonyl (C=O) groups is 2. The second-order valence-electron chi connectivity index (χ2n) is 6.23. The summed E-state index contributed by atoms with van der Waals surface area (Å²) in [6, 6.07) is 3.70. The van der Waals surface area contributed by atoms with Crippen LogP contribution in [0.3, 0.4) is 0 Å². The summed E-state index contributed by atoms with van der Waals surface area (Å²) in [5.74, 6) is -0.278. The molecule has 1 saturated heterocycles. The Kier molecular flexibility index (Phi) is 4.71. The maximum Gasteiger partial charge on any atom is 0.269 e. The van der Waals surface area contributed by atoms with Crippen LogP contribution in [0.5, 0.6) is 0 Å². The van der Waals surface area contributed by atoms with Gasteiger partial charge in [0.25, 0.3) is 11.8 Å². The molecule has 0 radical (unpaired) electrons. The third kappa shape index (κ3) is 3.21. The fourth-order valence-corrected chi connectivity index (χ4v) is 4.30. The lowest BCUT2D eigenvalue weighted by Gasteiger charge is -2.32. The molecule has 1 fully saturated rings. The Balaban J connectivity index is 1.74. The van der Waals surface area contributed by atoms with Crippen LogP contribution in [0.1, 0.15) is 62.0 Å². The van der Waals surface area contributed by atoms with Crippen LogP contribution in [0, 0.1) is 6.92 Å². The molecule has 3 heterocycles. The van der Waals surface area contributed by atoms with Gasteiger partial charge < -0.3 is 10.6 Å². The van der Waals surface area contributed by atoms with Crippen molar-refractivity contribution in [1.29, 1.82) is 0 Å². The van der Waals surface area contributed by atoms with E-state index in [1.165, 1.54) is 10.4 Å². The van der Waals surface area contributed by atoms with Gasteiger partial charge in [0.2, 0.25) is 0 Å². The lowest BCUT2D eigenvalue weighted by Crippen LogP contribution is -2.38. The number of aromatic nitrogens is 2. The van der Waals surface area contributed by atoms with Gasteiger partial charge in [0.15, 0.2) is 0 Å². The quantitative estimate of drug-likeness (QED) is 0.891. The SMILES string of the molecule is CCc1sc(C(=O)N2CCC[C@@H](c3cc(C(N)=O)n[nH]3)C2)cc1C. The molecule has 2 amide bonds. The number of likely N-dealkylation sites (tertiary alicyclic amines) is 1. The number of H-pyrrole nitrogens is 1. The van der Waals surface area contributed by atoms with Crippen LogP contribution >= 0.6 is 11.3 Å². The number of primary amides is 1. The van der Waals surface area contributed by atoms with Crippen LogP contribution in [-0.4, -0.2) is 40.0 Å². The molecule has 3 rings (SSSR count). The fourth-order valence-electron chi connectivity index (χ4n) is 3.22. The highest BCUT2D eigenvalue weighted by Gasteiger charge is 2.28.